The third-order valence-corrected chi connectivity index (χ3v) is 3.75. The highest BCUT2D eigenvalue weighted by atomic mass is 16.7. The van der Waals surface area contributed by atoms with Gasteiger partial charge >= 0.3 is 0 Å². The number of aliphatic hydroxyl groups excluding tert-OH is 1. The van der Waals surface area contributed by atoms with Crippen LogP contribution in [0.15, 0.2) is 0 Å². The van der Waals surface area contributed by atoms with Crippen molar-refractivity contribution in [1.29, 1.82) is 0 Å². The Labute approximate surface area is 97.3 Å². The molecule has 1 saturated heterocycles. The first kappa shape index (κ1) is 12.3. The number of rotatable bonds is 4. The van der Waals surface area contributed by atoms with Crippen molar-refractivity contribution in [3.8, 4) is 0 Å². The van der Waals surface area contributed by atoms with Gasteiger partial charge in [-0.1, -0.05) is 6.92 Å². The molecule has 94 valence electrons. The van der Waals surface area contributed by atoms with E-state index in [0.717, 1.165) is 45.3 Å². The predicted octanol–water partition coefficient (Wildman–Crippen LogP) is 1.03. The number of hydrogen-bond acceptors (Lipinski definition) is 4. The van der Waals surface area contributed by atoms with Crippen LogP contribution in [0.5, 0.6) is 0 Å². The van der Waals surface area contributed by atoms with Crippen molar-refractivity contribution in [2.75, 3.05) is 19.8 Å². The predicted molar refractivity (Wildman–Crippen MR) is 61.2 cm³/mol. The number of hydrogen-bond donors (Lipinski definition) is 2. The minimum atomic E-state index is -0.265. The van der Waals surface area contributed by atoms with Gasteiger partial charge in [0, 0.05) is 24.9 Å². The van der Waals surface area contributed by atoms with Crippen LogP contribution in [0.2, 0.25) is 0 Å². The molecule has 0 amide bonds. The van der Waals surface area contributed by atoms with Gasteiger partial charge in [-0.15, -0.1) is 0 Å². The first-order valence-corrected chi connectivity index (χ1v) is 6.43. The summed E-state index contributed by atoms with van der Waals surface area (Å²) in [5.41, 5.74) is 0. The summed E-state index contributed by atoms with van der Waals surface area (Å²) in [5, 5.41) is 12.7. The van der Waals surface area contributed by atoms with Gasteiger partial charge in [0.1, 0.15) is 0 Å². The Morgan fingerprint density at radius 3 is 2.44 bits per heavy atom. The summed E-state index contributed by atoms with van der Waals surface area (Å²) in [7, 11) is 0. The SMILES string of the molecule is CC[C@@H](CO)NC1CCC2(CC1)OCCO2. The van der Waals surface area contributed by atoms with Crippen molar-refractivity contribution >= 4 is 0 Å². The zero-order valence-electron chi connectivity index (χ0n) is 10.1. The summed E-state index contributed by atoms with van der Waals surface area (Å²) in [4.78, 5) is 0. The molecule has 0 bridgehead atoms. The van der Waals surface area contributed by atoms with E-state index in [0.29, 0.717) is 6.04 Å². The lowest BCUT2D eigenvalue weighted by Gasteiger charge is -2.36. The monoisotopic (exact) mass is 229 g/mol. The highest BCUT2D eigenvalue weighted by molar-refractivity contribution is 4.86. The fraction of sp³-hybridized carbons (Fsp3) is 1.00. The fourth-order valence-corrected chi connectivity index (χ4v) is 2.64. The van der Waals surface area contributed by atoms with Crippen molar-refractivity contribution in [3.63, 3.8) is 0 Å². The van der Waals surface area contributed by atoms with Crippen LogP contribution in [0.3, 0.4) is 0 Å². The Bertz CT molecular complexity index is 202. The van der Waals surface area contributed by atoms with Crippen molar-refractivity contribution in [3.05, 3.63) is 0 Å². The van der Waals surface area contributed by atoms with Gasteiger partial charge in [0.2, 0.25) is 0 Å². The summed E-state index contributed by atoms with van der Waals surface area (Å²) in [6.07, 6.45) is 5.09. The van der Waals surface area contributed by atoms with Gasteiger partial charge in [0.25, 0.3) is 0 Å². The molecule has 4 heteroatoms. The van der Waals surface area contributed by atoms with Gasteiger partial charge in [-0.05, 0) is 19.3 Å². The molecule has 0 aromatic rings. The summed E-state index contributed by atoms with van der Waals surface area (Å²) >= 11 is 0. The van der Waals surface area contributed by atoms with Crippen LogP contribution in [0.1, 0.15) is 39.0 Å². The maximum atomic E-state index is 9.15. The van der Waals surface area contributed by atoms with Crippen LogP contribution in [0, 0.1) is 0 Å². The molecule has 1 heterocycles. The molecule has 1 aliphatic carbocycles. The topological polar surface area (TPSA) is 50.7 Å². The third-order valence-electron chi connectivity index (χ3n) is 3.75. The summed E-state index contributed by atoms with van der Waals surface area (Å²) < 4.78 is 11.4. The molecule has 4 nitrogen and oxygen atoms in total. The minimum absolute atomic E-state index is 0.227. The van der Waals surface area contributed by atoms with Crippen LogP contribution in [-0.2, 0) is 9.47 Å². The molecule has 0 aromatic heterocycles. The Kier molecular flexibility index (Phi) is 4.19. The molecule has 1 aliphatic heterocycles. The standard InChI is InChI=1S/C12H23NO3/c1-2-10(9-14)13-11-3-5-12(6-4-11)15-7-8-16-12/h10-11,13-14H,2-9H2,1H3/t10-/m0/s1. The van der Waals surface area contributed by atoms with Crippen LogP contribution < -0.4 is 5.32 Å². The van der Waals surface area contributed by atoms with Crippen LogP contribution in [0.4, 0.5) is 0 Å². The quantitative estimate of drug-likeness (QED) is 0.756. The van der Waals surface area contributed by atoms with E-state index < -0.39 is 0 Å². The van der Waals surface area contributed by atoms with E-state index in [1.165, 1.54) is 0 Å². The van der Waals surface area contributed by atoms with Gasteiger partial charge in [-0.3, -0.25) is 0 Å². The molecular formula is C12H23NO3. The molecule has 1 spiro atoms. The molecule has 2 aliphatic rings. The smallest absolute Gasteiger partial charge is 0.168 e. The normalized spacial score (nSPS) is 27.4. The molecule has 2 rings (SSSR count). The molecule has 0 aromatic carbocycles. The lowest BCUT2D eigenvalue weighted by atomic mass is 9.89. The van der Waals surface area contributed by atoms with Gasteiger partial charge in [-0.25, -0.2) is 0 Å². The molecule has 2 fully saturated rings. The van der Waals surface area contributed by atoms with Crippen molar-refractivity contribution in [2.24, 2.45) is 0 Å². The van der Waals surface area contributed by atoms with Crippen LogP contribution in [0.25, 0.3) is 0 Å². The average molecular weight is 229 g/mol. The molecule has 1 atom stereocenters. The second-order valence-corrected chi connectivity index (χ2v) is 4.84. The molecule has 0 radical (unpaired) electrons. The lowest BCUT2D eigenvalue weighted by molar-refractivity contribution is -0.179. The summed E-state index contributed by atoms with van der Waals surface area (Å²) in [6, 6.07) is 0.750. The van der Waals surface area contributed by atoms with Gasteiger partial charge in [0.15, 0.2) is 5.79 Å². The Morgan fingerprint density at radius 2 is 1.94 bits per heavy atom. The minimum Gasteiger partial charge on any atom is -0.395 e. The zero-order chi connectivity index (χ0) is 11.4. The highest BCUT2D eigenvalue weighted by Gasteiger charge is 2.40. The van der Waals surface area contributed by atoms with Gasteiger partial charge in [-0.2, -0.15) is 0 Å². The summed E-state index contributed by atoms with van der Waals surface area (Å²) in [6.45, 7) is 3.81. The largest absolute Gasteiger partial charge is 0.395 e. The lowest BCUT2D eigenvalue weighted by Crippen LogP contribution is -2.46. The molecule has 2 N–H and O–H groups in total. The van der Waals surface area contributed by atoms with E-state index in [2.05, 4.69) is 12.2 Å². The van der Waals surface area contributed by atoms with E-state index in [9.17, 15) is 0 Å². The third kappa shape index (κ3) is 2.74. The van der Waals surface area contributed by atoms with Gasteiger partial charge < -0.3 is 19.9 Å². The van der Waals surface area contributed by atoms with Crippen molar-refractivity contribution in [2.45, 2.75) is 56.9 Å². The number of ether oxygens (including phenoxy) is 2. The van der Waals surface area contributed by atoms with E-state index in [-0.39, 0.29) is 18.4 Å². The van der Waals surface area contributed by atoms with Crippen LogP contribution in [-0.4, -0.2) is 42.8 Å². The molecule has 16 heavy (non-hydrogen) atoms. The molecule has 1 saturated carbocycles. The van der Waals surface area contributed by atoms with Gasteiger partial charge in [0.05, 0.1) is 19.8 Å². The fourth-order valence-electron chi connectivity index (χ4n) is 2.64. The van der Waals surface area contributed by atoms with E-state index in [1.807, 2.05) is 0 Å². The first-order chi connectivity index (χ1) is 7.78. The Hall–Kier alpha value is -0.160. The maximum absolute atomic E-state index is 9.15. The zero-order valence-corrected chi connectivity index (χ0v) is 10.1. The first-order valence-electron chi connectivity index (χ1n) is 6.43. The Balaban J connectivity index is 1.76. The second kappa shape index (κ2) is 5.45. The number of aliphatic hydroxyl groups is 1. The van der Waals surface area contributed by atoms with E-state index in [1.54, 1.807) is 0 Å². The molecular weight excluding hydrogens is 206 g/mol. The number of nitrogens with one attached hydrogen (secondary N) is 1. The Morgan fingerprint density at radius 1 is 1.31 bits per heavy atom. The van der Waals surface area contributed by atoms with Crippen molar-refractivity contribution < 1.29 is 14.6 Å². The average Bonchev–Trinajstić information content (AvgIpc) is 2.77. The van der Waals surface area contributed by atoms with E-state index >= 15 is 0 Å². The second-order valence-electron chi connectivity index (χ2n) is 4.84. The van der Waals surface area contributed by atoms with Crippen LogP contribution >= 0.6 is 0 Å². The molecule has 0 unspecified atom stereocenters. The highest BCUT2D eigenvalue weighted by Crippen LogP contribution is 2.35. The summed E-state index contributed by atoms with van der Waals surface area (Å²) in [5.74, 6) is -0.265. The maximum Gasteiger partial charge on any atom is 0.168 e. The van der Waals surface area contributed by atoms with E-state index in [4.69, 9.17) is 14.6 Å². The van der Waals surface area contributed by atoms with Crippen molar-refractivity contribution in [1.82, 2.24) is 5.32 Å².